The molecule has 2 nitrogen and oxygen atoms in total. The van der Waals surface area contributed by atoms with Crippen LogP contribution in [0.1, 0.15) is 72.1 Å². The van der Waals surface area contributed by atoms with Crippen molar-refractivity contribution in [1.82, 2.24) is 0 Å². The molecule has 1 N–H and O–H groups in total. The highest BCUT2D eigenvalue weighted by atomic mass is 16.3. The molecule has 0 aliphatic rings. The molecule has 0 radical (unpaired) electrons. The summed E-state index contributed by atoms with van der Waals surface area (Å²) in [6.07, 6.45) is 9.50. The summed E-state index contributed by atoms with van der Waals surface area (Å²) in [5.41, 5.74) is 0. The van der Waals surface area contributed by atoms with Gasteiger partial charge in [-0.3, -0.25) is 0 Å². The normalized spacial score (nSPS) is 14.9. The molecule has 0 aromatic carbocycles. The highest BCUT2D eigenvalue weighted by molar-refractivity contribution is 5.54. The zero-order valence-electron chi connectivity index (χ0n) is 11.8. The molecule has 0 saturated carbocycles. The fourth-order valence-electron chi connectivity index (χ4n) is 2.17. The van der Waals surface area contributed by atoms with Gasteiger partial charge in [0.05, 0.1) is 6.10 Å². The summed E-state index contributed by atoms with van der Waals surface area (Å²) in [7, 11) is 0. The molecule has 0 unspecified atom stereocenters. The van der Waals surface area contributed by atoms with Crippen molar-refractivity contribution in [3.8, 4) is 0 Å². The van der Waals surface area contributed by atoms with E-state index >= 15 is 0 Å². The summed E-state index contributed by atoms with van der Waals surface area (Å²) < 4.78 is 0. The molecule has 0 saturated heterocycles. The van der Waals surface area contributed by atoms with Crippen LogP contribution < -0.4 is 0 Å². The third-order valence-corrected chi connectivity index (χ3v) is 3.27. The second-order valence-corrected chi connectivity index (χ2v) is 5.55. The van der Waals surface area contributed by atoms with Crippen LogP contribution in [-0.4, -0.2) is 17.5 Å². The van der Waals surface area contributed by atoms with Gasteiger partial charge in [0.15, 0.2) is 0 Å². The number of carbonyl (C=O) groups is 1. The van der Waals surface area contributed by atoms with Crippen LogP contribution in [0.5, 0.6) is 0 Å². The van der Waals surface area contributed by atoms with Crippen molar-refractivity contribution in [3.05, 3.63) is 0 Å². The lowest BCUT2D eigenvalue weighted by molar-refractivity contribution is -0.114. The van der Waals surface area contributed by atoms with Crippen molar-refractivity contribution in [2.45, 2.75) is 78.2 Å². The Bertz CT molecular complexity index is 178. The van der Waals surface area contributed by atoms with E-state index in [2.05, 4.69) is 20.8 Å². The van der Waals surface area contributed by atoms with E-state index in [1.807, 2.05) is 0 Å². The van der Waals surface area contributed by atoms with Gasteiger partial charge in [-0.05, 0) is 18.8 Å². The molecule has 0 aliphatic carbocycles. The molecule has 2 heteroatoms. The Labute approximate surface area is 107 Å². The lowest BCUT2D eigenvalue weighted by atomic mass is 9.91. The van der Waals surface area contributed by atoms with Crippen LogP contribution in [0.25, 0.3) is 0 Å². The molecule has 0 aliphatic heterocycles. The van der Waals surface area contributed by atoms with E-state index in [4.69, 9.17) is 0 Å². The van der Waals surface area contributed by atoms with Gasteiger partial charge in [-0.2, -0.15) is 0 Å². The zero-order chi connectivity index (χ0) is 13.1. The van der Waals surface area contributed by atoms with Crippen molar-refractivity contribution < 1.29 is 9.90 Å². The lowest BCUT2D eigenvalue weighted by Crippen LogP contribution is -2.23. The Morgan fingerprint density at radius 1 is 1.06 bits per heavy atom. The van der Waals surface area contributed by atoms with E-state index in [1.54, 1.807) is 0 Å². The number of hydrogen-bond donors (Lipinski definition) is 1. The fourth-order valence-corrected chi connectivity index (χ4v) is 2.17. The van der Waals surface area contributed by atoms with Crippen LogP contribution in [0.3, 0.4) is 0 Å². The molecule has 17 heavy (non-hydrogen) atoms. The van der Waals surface area contributed by atoms with Gasteiger partial charge in [0.1, 0.15) is 6.29 Å². The first-order valence-electron chi connectivity index (χ1n) is 7.25. The number of carbonyl (C=O) groups excluding carboxylic acids is 1. The van der Waals surface area contributed by atoms with Crippen LogP contribution >= 0.6 is 0 Å². The van der Waals surface area contributed by atoms with Crippen molar-refractivity contribution >= 4 is 6.29 Å². The molecule has 0 aromatic rings. The third kappa shape index (κ3) is 9.34. The van der Waals surface area contributed by atoms with Crippen molar-refractivity contribution in [3.63, 3.8) is 0 Å². The van der Waals surface area contributed by atoms with E-state index < -0.39 is 6.10 Å². The zero-order valence-corrected chi connectivity index (χ0v) is 11.8. The molecular weight excluding hydrogens is 212 g/mol. The third-order valence-electron chi connectivity index (χ3n) is 3.27. The van der Waals surface area contributed by atoms with Crippen molar-refractivity contribution in [2.75, 3.05) is 0 Å². The van der Waals surface area contributed by atoms with E-state index in [0.29, 0.717) is 5.92 Å². The minimum Gasteiger partial charge on any atom is -0.392 e. The first-order valence-corrected chi connectivity index (χ1v) is 7.25. The van der Waals surface area contributed by atoms with Gasteiger partial charge in [-0.1, -0.05) is 59.3 Å². The highest BCUT2D eigenvalue weighted by Gasteiger charge is 2.18. The molecule has 102 valence electrons. The SMILES string of the molecule is CCCCCCCC[C@H](C=O)[C@@H](O)CC(C)C. The molecule has 0 rings (SSSR count). The molecule has 0 heterocycles. The first-order chi connectivity index (χ1) is 8.11. The van der Waals surface area contributed by atoms with Gasteiger partial charge in [-0.25, -0.2) is 0 Å². The second kappa shape index (κ2) is 10.8. The smallest absolute Gasteiger partial charge is 0.125 e. The summed E-state index contributed by atoms with van der Waals surface area (Å²) >= 11 is 0. The Kier molecular flexibility index (Phi) is 10.5. The van der Waals surface area contributed by atoms with Crippen LogP contribution in [0.2, 0.25) is 0 Å². The monoisotopic (exact) mass is 242 g/mol. The molecule has 0 aromatic heterocycles. The van der Waals surface area contributed by atoms with E-state index in [0.717, 1.165) is 25.5 Å². The number of aliphatic hydroxyl groups excluding tert-OH is 1. The number of aldehydes is 1. The number of hydrogen-bond acceptors (Lipinski definition) is 2. The maximum absolute atomic E-state index is 10.9. The number of unbranched alkanes of at least 4 members (excludes halogenated alkanes) is 5. The maximum atomic E-state index is 10.9. The summed E-state index contributed by atoms with van der Waals surface area (Å²) in [5.74, 6) is 0.306. The predicted molar refractivity (Wildman–Crippen MR) is 73.0 cm³/mol. The summed E-state index contributed by atoms with van der Waals surface area (Å²) in [5, 5.41) is 9.89. The average molecular weight is 242 g/mol. The van der Waals surface area contributed by atoms with Crippen LogP contribution in [0.4, 0.5) is 0 Å². The maximum Gasteiger partial charge on any atom is 0.125 e. The van der Waals surface area contributed by atoms with Gasteiger partial charge in [0.2, 0.25) is 0 Å². The van der Waals surface area contributed by atoms with Gasteiger partial charge in [-0.15, -0.1) is 0 Å². The predicted octanol–water partition coefficient (Wildman–Crippen LogP) is 3.96. The van der Waals surface area contributed by atoms with Crippen molar-refractivity contribution in [2.24, 2.45) is 11.8 Å². The Morgan fingerprint density at radius 2 is 1.65 bits per heavy atom. The Balaban J connectivity index is 3.63. The molecular formula is C15H30O2. The largest absolute Gasteiger partial charge is 0.392 e. The fraction of sp³-hybridized carbons (Fsp3) is 0.933. The summed E-state index contributed by atoms with van der Waals surface area (Å²) in [4.78, 5) is 10.9. The Morgan fingerprint density at radius 3 is 2.18 bits per heavy atom. The minimum atomic E-state index is -0.442. The van der Waals surface area contributed by atoms with E-state index in [9.17, 15) is 9.90 Å². The van der Waals surface area contributed by atoms with Crippen LogP contribution in [-0.2, 0) is 4.79 Å². The van der Waals surface area contributed by atoms with Gasteiger partial charge in [0.25, 0.3) is 0 Å². The van der Waals surface area contributed by atoms with Crippen molar-refractivity contribution in [1.29, 1.82) is 0 Å². The molecule has 2 atom stereocenters. The number of rotatable bonds is 11. The van der Waals surface area contributed by atoms with Gasteiger partial charge < -0.3 is 9.90 Å². The topological polar surface area (TPSA) is 37.3 Å². The second-order valence-electron chi connectivity index (χ2n) is 5.55. The van der Waals surface area contributed by atoms with Gasteiger partial charge in [0, 0.05) is 5.92 Å². The Hall–Kier alpha value is -0.370. The standard InChI is InChI=1S/C15H30O2/c1-4-5-6-7-8-9-10-14(12-16)15(17)11-13(2)3/h12-15,17H,4-11H2,1-3H3/t14-,15+/m1/s1. The summed E-state index contributed by atoms with van der Waals surface area (Å²) in [6, 6.07) is 0. The minimum absolute atomic E-state index is 0.149. The average Bonchev–Trinajstić information content (AvgIpc) is 2.27. The van der Waals surface area contributed by atoms with E-state index in [-0.39, 0.29) is 5.92 Å². The first kappa shape index (κ1) is 16.6. The summed E-state index contributed by atoms with van der Waals surface area (Å²) in [6.45, 7) is 6.37. The molecule has 0 fully saturated rings. The highest BCUT2D eigenvalue weighted by Crippen LogP contribution is 2.18. The number of aliphatic hydroxyl groups is 1. The quantitative estimate of drug-likeness (QED) is 0.440. The lowest BCUT2D eigenvalue weighted by Gasteiger charge is -2.19. The van der Waals surface area contributed by atoms with Crippen LogP contribution in [0.15, 0.2) is 0 Å². The van der Waals surface area contributed by atoms with Gasteiger partial charge >= 0.3 is 0 Å². The van der Waals surface area contributed by atoms with Crippen LogP contribution in [0, 0.1) is 11.8 Å². The van der Waals surface area contributed by atoms with E-state index in [1.165, 1.54) is 32.1 Å². The molecule has 0 amide bonds. The molecule has 0 spiro atoms. The molecule has 0 bridgehead atoms.